The number of hydrogen-bond acceptors (Lipinski definition) is 4. The van der Waals surface area contributed by atoms with Crippen LogP contribution in [0.25, 0.3) is 0 Å². The zero-order valence-electron chi connectivity index (χ0n) is 8.34. The lowest BCUT2D eigenvalue weighted by Gasteiger charge is -2.25. The van der Waals surface area contributed by atoms with Crippen LogP contribution in [0.15, 0.2) is 4.99 Å². The second-order valence-electron chi connectivity index (χ2n) is 3.48. The normalized spacial score (nSPS) is 24.6. The molecule has 4 nitrogen and oxygen atoms in total. The van der Waals surface area contributed by atoms with Crippen molar-refractivity contribution >= 4 is 5.90 Å². The summed E-state index contributed by atoms with van der Waals surface area (Å²) in [6, 6.07) is -0.0823. The lowest BCUT2D eigenvalue weighted by atomic mass is 10.1. The predicted molar refractivity (Wildman–Crippen MR) is 49.7 cm³/mol. The first-order valence-electron chi connectivity index (χ1n) is 4.60. The third-order valence-corrected chi connectivity index (χ3v) is 2.02. The van der Waals surface area contributed by atoms with Crippen LogP contribution < -0.4 is 11.1 Å². The van der Waals surface area contributed by atoms with E-state index in [0.717, 1.165) is 0 Å². The fourth-order valence-corrected chi connectivity index (χ4v) is 1.15. The molecule has 0 aliphatic carbocycles. The number of hydrogen-bond donors (Lipinski definition) is 2. The lowest BCUT2D eigenvalue weighted by Crippen LogP contribution is -2.50. The molecule has 0 aromatic carbocycles. The Balaban J connectivity index is 2.34. The van der Waals surface area contributed by atoms with Gasteiger partial charge in [0.2, 0.25) is 0 Å². The zero-order valence-corrected chi connectivity index (χ0v) is 8.34. The van der Waals surface area contributed by atoms with Gasteiger partial charge < -0.3 is 15.8 Å². The highest BCUT2D eigenvalue weighted by molar-refractivity contribution is 5.79. The molecule has 0 fully saturated rings. The number of aliphatic imine (C=N–C) groups is 1. The molecule has 2 unspecified atom stereocenters. The van der Waals surface area contributed by atoms with Gasteiger partial charge in [-0.2, -0.15) is 13.2 Å². The molecule has 0 radical (unpaired) electrons. The molecular formula is C8H14F3N3O. The Morgan fingerprint density at radius 2 is 2.33 bits per heavy atom. The molecule has 0 spiro atoms. The maximum absolute atomic E-state index is 11.8. The number of rotatable bonds is 2. The average molecular weight is 225 g/mol. The molecule has 0 amide bonds. The van der Waals surface area contributed by atoms with E-state index >= 15 is 0 Å². The van der Waals surface area contributed by atoms with Gasteiger partial charge in [0.05, 0.1) is 13.1 Å². The summed E-state index contributed by atoms with van der Waals surface area (Å²) in [5, 5.41) is 2.96. The highest BCUT2D eigenvalue weighted by Crippen LogP contribution is 2.14. The molecule has 1 heterocycles. The Hall–Kier alpha value is -0.820. The SMILES string of the molecule is CC(N)C1CN=C(OCC(F)(F)F)CN1. The summed E-state index contributed by atoms with van der Waals surface area (Å²) in [4.78, 5) is 3.89. The number of halogens is 3. The summed E-state index contributed by atoms with van der Waals surface area (Å²) in [6.07, 6.45) is -4.32. The van der Waals surface area contributed by atoms with E-state index in [4.69, 9.17) is 5.73 Å². The second kappa shape index (κ2) is 4.80. The van der Waals surface area contributed by atoms with Gasteiger partial charge in [-0.1, -0.05) is 0 Å². The van der Waals surface area contributed by atoms with Crippen molar-refractivity contribution in [3.63, 3.8) is 0 Å². The highest BCUT2D eigenvalue weighted by atomic mass is 19.4. The van der Waals surface area contributed by atoms with Crippen molar-refractivity contribution < 1.29 is 17.9 Å². The van der Waals surface area contributed by atoms with E-state index in [0.29, 0.717) is 6.54 Å². The molecule has 15 heavy (non-hydrogen) atoms. The van der Waals surface area contributed by atoms with Crippen LogP contribution in [0.3, 0.4) is 0 Å². The van der Waals surface area contributed by atoms with E-state index in [1.54, 1.807) is 0 Å². The van der Waals surface area contributed by atoms with Crippen molar-refractivity contribution in [3.8, 4) is 0 Å². The average Bonchev–Trinajstić information content (AvgIpc) is 2.14. The number of nitrogens with two attached hydrogens (primary N) is 1. The van der Waals surface area contributed by atoms with Crippen LogP contribution in [0, 0.1) is 0 Å². The molecule has 0 aromatic rings. The minimum absolute atomic E-state index is 0.00300. The highest BCUT2D eigenvalue weighted by Gasteiger charge is 2.29. The third kappa shape index (κ3) is 4.48. The van der Waals surface area contributed by atoms with Gasteiger partial charge in [0.15, 0.2) is 12.5 Å². The topological polar surface area (TPSA) is 59.6 Å². The number of nitrogens with zero attached hydrogens (tertiary/aromatic N) is 1. The van der Waals surface area contributed by atoms with Gasteiger partial charge in [0.25, 0.3) is 0 Å². The third-order valence-electron chi connectivity index (χ3n) is 2.02. The first-order chi connectivity index (χ1) is 6.88. The van der Waals surface area contributed by atoms with Crippen LogP contribution in [-0.2, 0) is 4.74 Å². The Labute approximate surface area is 85.7 Å². The van der Waals surface area contributed by atoms with Crippen LogP contribution in [0.5, 0.6) is 0 Å². The number of alkyl halides is 3. The van der Waals surface area contributed by atoms with Crippen molar-refractivity contribution in [1.29, 1.82) is 0 Å². The van der Waals surface area contributed by atoms with Gasteiger partial charge in [-0.15, -0.1) is 0 Å². The van der Waals surface area contributed by atoms with Crippen LogP contribution in [0.1, 0.15) is 6.92 Å². The van der Waals surface area contributed by atoms with Gasteiger partial charge in [0, 0.05) is 12.1 Å². The van der Waals surface area contributed by atoms with Crippen LogP contribution in [0.4, 0.5) is 13.2 Å². The Bertz CT molecular complexity index is 240. The number of ether oxygens (including phenoxy) is 1. The van der Waals surface area contributed by atoms with Crippen LogP contribution in [-0.4, -0.2) is 43.9 Å². The Morgan fingerprint density at radius 3 is 2.73 bits per heavy atom. The summed E-state index contributed by atoms with van der Waals surface area (Å²) in [5.41, 5.74) is 5.60. The van der Waals surface area contributed by atoms with E-state index in [1.807, 2.05) is 6.92 Å². The minimum Gasteiger partial charge on any atom is -0.470 e. The van der Waals surface area contributed by atoms with Gasteiger partial charge in [0.1, 0.15) is 0 Å². The van der Waals surface area contributed by atoms with Crippen molar-refractivity contribution in [1.82, 2.24) is 5.32 Å². The quantitative estimate of drug-likeness (QED) is 0.709. The maximum Gasteiger partial charge on any atom is 0.422 e. The van der Waals surface area contributed by atoms with Gasteiger partial charge in [-0.05, 0) is 6.92 Å². The smallest absolute Gasteiger partial charge is 0.422 e. The molecular weight excluding hydrogens is 211 g/mol. The van der Waals surface area contributed by atoms with Gasteiger partial charge in [-0.25, -0.2) is 0 Å². The monoisotopic (exact) mass is 225 g/mol. The van der Waals surface area contributed by atoms with Crippen molar-refractivity contribution in [2.24, 2.45) is 10.7 Å². The minimum atomic E-state index is -4.32. The molecule has 1 rings (SSSR count). The molecule has 0 bridgehead atoms. The zero-order chi connectivity index (χ0) is 11.5. The second-order valence-corrected chi connectivity index (χ2v) is 3.48. The number of nitrogens with one attached hydrogen (secondary N) is 1. The summed E-state index contributed by atoms with van der Waals surface area (Å²) >= 11 is 0. The standard InChI is InChI=1S/C8H14F3N3O/c1-5(12)6-2-14-7(3-13-6)15-4-8(9,10)11/h5-6,13H,2-4,12H2,1H3. The fourth-order valence-electron chi connectivity index (χ4n) is 1.15. The summed E-state index contributed by atoms with van der Waals surface area (Å²) in [5.74, 6) is 0.0872. The van der Waals surface area contributed by atoms with Gasteiger partial charge >= 0.3 is 6.18 Å². The lowest BCUT2D eigenvalue weighted by molar-refractivity contribution is -0.156. The maximum atomic E-state index is 11.8. The van der Waals surface area contributed by atoms with Crippen molar-refractivity contribution in [3.05, 3.63) is 0 Å². The molecule has 2 atom stereocenters. The van der Waals surface area contributed by atoms with E-state index in [1.165, 1.54) is 0 Å². The molecule has 3 N–H and O–H groups in total. The van der Waals surface area contributed by atoms with Gasteiger partial charge in [-0.3, -0.25) is 4.99 Å². The molecule has 0 saturated carbocycles. The molecule has 1 aliphatic rings. The first kappa shape index (κ1) is 12.3. The first-order valence-corrected chi connectivity index (χ1v) is 4.60. The largest absolute Gasteiger partial charge is 0.470 e. The summed E-state index contributed by atoms with van der Waals surface area (Å²) in [7, 11) is 0. The molecule has 0 aromatic heterocycles. The predicted octanol–water partition coefficient (Wildman–Crippen LogP) is 0.283. The van der Waals surface area contributed by atoms with E-state index in [-0.39, 0.29) is 24.5 Å². The van der Waals surface area contributed by atoms with Crippen molar-refractivity contribution in [2.75, 3.05) is 19.7 Å². The Morgan fingerprint density at radius 1 is 1.67 bits per heavy atom. The summed E-state index contributed by atoms with van der Waals surface area (Å²) in [6.45, 7) is 1.07. The molecule has 0 saturated heterocycles. The molecule has 88 valence electrons. The van der Waals surface area contributed by atoms with Crippen molar-refractivity contribution in [2.45, 2.75) is 25.2 Å². The van der Waals surface area contributed by atoms with E-state index in [2.05, 4.69) is 15.0 Å². The fraction of sp³-hybridized carbons (Fsp3) is 0.875. The summed E-state index contributed by atoms with van der Waals surface area (Å²) < 4.78 is 39.9. The Kier molecular flexibility index (Phi) is 3.92. The van der Waals surface area contributed by atoms with E-state index < -0.39 is 12.8 Å². The van der Waals surface area contributed by atoms with Crippen LogP contribution >= 0.6 is 0 Å². The molecule has 1 aliphatic heterocycles. The van der Waals surface area contributed by atoms with E-state index in [9.17, 15) is 13.2 Å². The van der Waals surface area contributed by atoms with Crippen LogP contribution in [0.2, 0.25) is 0 Å². The molecule has 7 heteroatoms.